The van der Waals surface area contributed by atoms with Gasteiger partial charge in [0.15, 0.2) is 6.29 Å². The molecule has 1 aromatic heterocycles. The molecule has 188 valence electrons. The SMILES string of the molecule is CCCCCCCCCCOc1ccc(-c2cnc(CCC(C)OC3CCCCO3)nc2)cc1. The molecule has 1 aliphatic heterocycles. The molecule has 0 radical (unpaired) electrons. The summed E-state index contributed by atoms with van der Waals surface area (Å²) in [6.45, 7) is 5.97. The zero-order valence-corrected chi connectivity index (χ0v) is 21.3. The van der Waals surface area contributed by atoms with Crippen molar-refractivity contribution < 1.29 is 14.2 Å². The standard InChI is InChI=1S/C29H44N2O3/c1-3-4-5-6-7-8-9-11-20-32-27-17-15-25(16-18-27)26-22-30-28(31-23-26)19-14-24(2)34-29-13-10-12-21-33-29/h15-18,22-24,29H,3-14,19-21H2,1-2H3. The van der Waals surface area contributed by atoms with Gasteiger partial charge in [0.05, 0.1) is 12.7 Å². The number of benzene rings is 1. The maximum atomic E-state index is 5.99. The monoisotopic (exact) mass is 468 g/mol. The highest BCUT2D eigenvalue weighted by Crippen LogP contribution is 2.22. The van der Waals surface area contributed by atoms with Crippen LogP contribution in [0.5, 0.6) is 5.75 Å². The van der Waals surface area contributed by atoms with Gasteiger partial charge in [0, 0.05) is 31.0 Å². The van der Waals surface area contributed by atoms with Gasteiger partial charge in [-0.15, -0.1) is 0 Å². The van der Waals surface area contributed by atoms with Gasteiger partial charge in [0.1, 0.15) is 11.6 Å². The fourth-order valence-corrected chi connectivity index (χ4v) is 4.28. The number of rotatable bonds is 16. The van der Waals surface area contributed by atoms with Crippen molar-refractivity contribution in [3.63, 3.8) is 0 Å². The highest BCUT2D eigenvalue weighted by molar-refractivity contribution is 5.62. The normalized spacial score (nSPS) is 16.9. The number of ether oxygens (including phenoxy) is 3. The first-order valence-corrected chi connectivity index (χ1v) is 13.6. The van der Waals surface area contributed by atoms with Gasteiger partial charge in [-0.3, -0.25) is 0 Å². The highest BCUT2D eigenvalue weighted by atomic mass is 16.7. The first kappa shape index (κ1) is 26.6. The molecule has 1 aliphatic rings. The van der Waals surface area contributed by atoms with E-state index in [1.807, 2.05) is 24.5 Å². The Morgan fingerprint density at radius 1 is 0.912 bits per heavy atom. The van der Waals surface area contributed by atoms with E-state index in [1.54, 1.807) is 0 Å². The largest absolute Gasteiger partial charge is 0.494 e. The Kier molecular flexibility index (Phi) is 12.4. The molecule has 2 heterocycles. The smallest absolute Gasteiger partial charge is 0.157 e. The topological polar surface area (TPSA) is 53.5 Å². The first-order valence-electron chi connectivity index (χ1n) is 13.6. The maximum Gasteiger partial charge on any atom is 0.157 e. The molecule has 1 fully saturated rings. The maximum absolute atomic E-state index is 5.99. The fraction of sp³-hybridized carbons (Fsp3) is 0.655. The second kappa shape index (κ2) is 15.8. The van der Waals surface area contributed by atoms with Gasteiger partial charge in [-0.25, -0.2) is 9.97 Å². The van der Waals surface area contributed by atoms with Crippen molar-refractivity contribution in [1.82, 2.24) is 9.97 Å². The summed E-state index contributed by atoms with van der Waals surface area (Å²) >= 11 is 0. The molecule has 2 unspecified atom stereocenters. The molecular weight excluding hydrogens is 424 g/mol. The van der Waals surface area contributed by atoms with E-state index in [9.17, 15) is 0 Å². The summed E-state index contributed by atoms with van der Waals surface area (Å²) in [5.41, 5.74) is 2.13. The highest BCUT2D eigenvalue weighted by Gasteiger charge is 2.17. The van der Waals surface area contributed by atoms with Crippen molar-refractivity contribution in [3.05, 3.63) is 42.5 Å². The first-order chi connectivity index (χ1) is 16.7. The van der Waals surface area contributed by atoms with Crippen LogP contribution >= 0.6 is 0 Å². The number of aromatic nitrogens is 2. The van der Waals surface area contributed by atoms with E-state index in [4.69, 9.17) is 14.2 Å². The Bertz CT molecular complexity index is 773. The van der Waals surface area contributed by atoms with E-state index in [0.29, 0.717) is 0 Å². The molecule has 0 aliphatic carbocycles. The van der Waals surface area contributed by atoms with Crippen LogP contribution in [0.2, 0.25) is 0 Å². The summed E-state index contributed by atoms with van der Waals surface area (Å²) in [5.74, 6) is 1.79. The molecule has 0 N–H and O–H groups in total. The van der Waals surface area contributed by atoms with E-state index < -0.39 is 0 Å². The lowest BCUT2D eigenvalue weighted by Crippen LogP contribution is -2.26. The van der Waals surface area contributed by atoms with Crippen LogP contribution in [-0.4, -0.2) is 35.6 Å². The summed E-state index contributed by atoms with van der Waals surface area (Å²) in [7, 11) is 0. The van der Waals surface area contributed by atoms with Crippen molar-refractivity contribution in [2.45, 2.75) is 110 Å². The van der Waals surface area contributed by atoms with Crippen molar-refractivity contribution >= 4 is 0 Å². The summed E-state index contributed by atoms with van der Waals surface area (Å²) < 4.78 is 17.6. The second-order valence-corrected chi connectivity index (χ2v) is 9.52. The van der Waals surface area contributed by atoms with Crippen molar-refractivity contribution in [1.29, 1.82) is 0 Å². The average molecular weight is 469 g/mol. The van der Waals surface area contributed by atoms with Crippen LogP contribution < -0.4 is 4.74 Å². The van der Waals surface area contributed by atoms with Crippen molar-refractivity contribution in [2.24, 2.45) is 0 Å². The zero-order valence-electron chi connectivity index (χ0n) is 21.3. The van der Waals surface area contributed by atoms with Gasteiger partial charge in [0.2, 0.25) is 0 Å². The molecule has 0 amide bonds. The quantitative estimate of drug-likeness (QED) is 0.238. The van der Waals surface area contributed by atoms with Gasteiger partial charge in [-0.2, -0.15) is 0 Å². The summed E-state index contributed by atoms with van der Waals surface area (Å²) in [6.07, 6.45) is 19.5. The predicted molar refractivity (Wildman–Crippen MR) is 138 cm³/mol. The molecule has 2 aromatic rings. The summed E-state index contributed by atoms with van der Waals surface area (Å²) in [6, 6.07) is 8.25. The average Bonchev–Trinajstić information content (AvgIpc) is 2.88. The molecular formula is C29H44N2O3. The Morgan fingerprint density at radius 3 is 2.29 bits per heavy atom. The molecule has 0 saturated carbocycles. The zero-order chi connectivity index (χ0) is 23.8. The lowest BCUT2D eigenvalue weighted by atomic mass is 10.1. The summed E-state index contributed by atoms with van der Waals surface area (Å²) in [5, 5.41) is 0. The van der Waals surface area contributed by atoms with Crippen molar-refractivity contribution in [2.75, 3.05) is 13.2 Å². The van der Waals surface area contributed by atoms with Gasteiger partial charge >= 0.3 is 0 Å². The van der Waals surface area contributed by atoms with Gasteiger partial charge < -0.3 is 14.2 Å². The van der Waals surface area contributed by atoms with Crippen LogP contribution in [0.15, 0.2) is 36.7 Å². The lowest BCUT2D eigenvalue weighted by Gasteiger charge is -2.25. The second-order valence-electron chi connectivity index (χ2n) is 9.52. The molecule has 3 rings (SSSR count). The van der Waals surface area contributed by atoms with E-state index in [0.717, 1.165) is 68.0 Å². The molecule has 0 bridgehead atoms. The third-order valence-electron chi connectivity index (χ3n) is 6.46. The van der Waals surface area contributed by atoms with Crippen LogP contribution in [-0.2, 0) is 15.9 Å². The number of hydrogen-bond acceptors (Lipinski definition) is 5. The third kappa shape index (κ3) is 10.1. The van der Waals surface area contributed by atoms with E-state index in [1.165, 1.54) is 51.4 Å². The minimum atomic E-state index is -0.0423. The van der Waals surface area contributed by atoms with Crippen LogP contribution in [0.4, 0.5) is 0 Å². The molecule has 5 nitrogen and oxygen atoms in total. The summed E-state index contributed by atoms with van der Waals surface area (Å²) in [4.78, 5) is 9.14. The minimum absolute atomic E-state index is 0.0423. The van der Waals surface area contributed by atoms with Crippen LogP contribution in [0, 0.1) is 0 Å². The Morgan fingerprint density at radius 2 is 1.62 bits per heavy atom. The predicted octanol–water partition coefficient (Wildman–Crippen LogP) is 7.53. The molecule has 1 saturated heterocycles. The molecule has 1 aromatic carbocycles. The van der Waals surface area contributed by atoms with E-state index in [2.05, 4.69) is 35.9 Å². The number of unbranched alkanes of at least 4 members (excludes halogenated alkanes) is 7. The van der Waals surface area contributed by atoms with Gasteiger partial charge in [-0.05, 0) is 56.7 Å². The van der Waals surface area contributed by atoms with Crippen molar-refractivity contribution in [3.8, 4) is 16.9 Å². The molecule has 5 heteroatoms. The minimum Gasteiger partial charge on any atom is -0.494 e. The number of hydrogen-bond donors (Lipinski definition) is 0. The van der Waals surface area contributed by atoms with Gasteiger partial charge in [0.25, 0.3) is 0 Å². The molecule has 34 heavy (non-hydrogen) atoms. The third-order valence-corrected chi connectivity index (χ3v) is 6.46. The van der Waals surface area contributed by atoms with Crippen LogP contribution in [0.3, 0.4) is 0 Å². The Labute approximate surface area is 206 Å². The van der Waals surface area contributed by atoms with E-state index >= 15 is 0 Å². The Balaban J connectivity index is 1.32. The molecule has 0 spiro atoms. The van der Waals surface area contributed by atoms with Crippen LogP contribution in [0.1, 0.15) is 96.7 Å². The fourth-order valence-electron chi connectivity index (χ4n) is 4.28. The van der Waals surface area contributed by atoms with Crippen LogP contribution in [0.25, 0.3) is 11.1 Å². The number of aryl methyl sites for hydroxylation is 1. The van der Waals surface area contributed by atoms with E-state index in [-0.39, 0.29) is 12.4 Å². The number of nitrogens with zero attached hydrogens (tertiary/aromatic N) is 2. The van der Waals surface area contributed by atoms with Gasteiger partial charge in [-0.1, -0.05) is 64.0 Å². The molecule has 2 atom stereocenters. The lowest BCUT2D eigenvalue weighted by molar-refractivity contribution is -0.185. The Hall–Kier alpha value is -1.98.